The molecule has 0 saturated carbocycles. The van der Waals surface area contributed by atoms with Gasteiger partial charge in [-0.15, -0.1) is 24.8 Å². The first-order valence-corrected chi connectivity index (χ1v) is 6.01. The predicted octanol–water partition coefficient (Wildman–Crippen LogP) is 3.37. The molecule has 0 spiro atoms. The number of aromatic carboxylic acids is 1. The number of hydrogen-bond acceptors (Lipinski definition) is 3. The van der Waals surface area contributed by atoms with E-state index in [0.29, 0.717) is 16.2 Å². The number of halogens is 3. The predicted molar refractivity (Wildman–Crippen MR) is 88.0 cm³/mol. The van der Waals surface area contributed by atoms with Crippen molar-refractivity contribution >= 4 is 64.1 Å². The van der Waals surface area contributed by atoms with Crippen LogP contribution in [0.3, 0.4) is 0 Å². The molecule has 0 unspecified atom stereocenters. The number of nitrogens with two attached hydrogens (primary N) is 1. The van der Waals surface area contributed by atoms with Gasteiger partial charge in [0, 0.05) is 34.6 Å². The number of aromatic nitrogens is 2. The zero-order valence-corrected chi connectivity index (χ0v) is 13.0. The van der Waals surface area contributed by atoms with E-state index >= 15 is 0 Å². The fourth-order valence-electron chi connectivity index (χ4n) is 2.31. The number of rotatable bonds is 2. The van der Waals surface area contributed by atoms with Gasteiger partial charge in [0.2, 0.25) is 0 Å². The third-order valence-corrected chi connectivity index (χ3v) is 3.34. The maximum Gasteiger partial charge on any atom is 0.338 e. The fraction of sp³-hybridized carbons (Fsp3) is 0.0769. The summed E-state index contributed by atoms with van der Waals surface area (Å²) in [4.78, 5) is 18.4. The molecule has 2 heterocycles. The van der Waals surface area contributed by atoms with Gasteiger partial charge >= 0.3 is 5.97 Å². The normalized spacial score (nSPS) is 10.2. The quantitative estimate of drug-likeness (QED) is 0.619. The Labute approximate surface area is 137 Å². The second kappa shape index (κ2) is 6.49. The van der Waals surface area contributed by atoms with Gasteiger partial charge in [-0.2, -0.15) is 0 Å². The number of benzene rings is 1. The molecule has 0 aliphatic carbocycles. The van der Waals surface area contributed by atoms with E-state index in [2.05, 4.69) is 9.97 Å². The van der Waals surface area contributed by atoms with E-state index < -0.39 is 5.97 Å². The van der Waals surface area contributed by atoms with Gasteiger partial charge in [-0.1, -0.05) is 23.7 Å². The molecular formula is C13H12Cl3N3O2. The zero-order chi connectivity index (χ0) is 13.6. The van der Waals surface area contributed by atoms with Crippen LogP contribution < -0.4 is 5.73 Å². The molecule has 0 aliphatic heterocycles. The van der Waals surface area contributed by atoms with Crippen molar-refractivity contribution < 1.29 is 9.90 Å². The Kier molecular flexibility index (Phi) is 5.42. The summed E-state index contributed by atoms with van der Waals surface area (Å²) in [7, 11) is 0. The smallest absolute Gasteiger partial charge is 0.338 e. The summed E-state index contributed by atoms with van der Waals surface area (Å²) in [6.45, 7) is 0.136. The average molecular weight is 349 g/mol. The van der Waals surface area contributed by atoms with Gasteiger partial charge in [0.25, 0.3) is 0 Å². The summed E-state index contributed by atoms with van der Waals surface area (Å²) < 4.78 is 0. The summed E-state index contributed by atoms with van der Waals surface area (Å²) >= 11 is 5.90. The van der Waals surface area contributed by atoms with Gasteiger partial charge in [-0.05, 0) is 6.07 Å². The molecule has 5 nitrogen and oxygen atoms in total. The number of aromatic amines is 1. The molecule has 1 aromatic carbocycles. The molecule has 0 fully saturated rings. The largest absolute Gasteiger partial charge is 0.478 e. The van der Waals surface area contributed by atoms with Crippen LogP contribution in [0.4, 0.5) is 0 Å². The van der Waals surface area contributed by atoms with Gasteiger partial charge in [0.1, 0.15) is 5.15 Å². The van der Waals surface area contributed by atoms with E-state index in [1.165, 1.54) is 0 Å². The van der Waals surface area contributed by atoms with Crippen LogP contribution in [0, 0.1) is 0 Å². The molecule has 0 saturated heterocycles. The summed E-state index contributed by atoms with van der Waals surface area (Å²) in [5.74, 6) is -0.994. The van der Waals surface area contributed by atoms with E-state index in [-0.39, 0.29) is 36.9 Å². The number of fused-ring (bicyclic) bond motifs is 3. The van der Waals surface area contributed by atoms with Gasteiger partial charge < -0.3 is 15.8 Å². The minimum atomic E-state index is -0.994. The van der Waals surface area contributed by atoms with E-state index in [0.717, 1.165) is 16.3 Å². The third-order valence-electron chi connectivity index (χ3n) is 3.13. The summed E-state index contributed by atoms with van der Waals surface area (Å²) in [5, 5.41) is 12.0. The van der Waals surface area contributed by atoms with Crippen molar-refractivity contribution in [3.05, 3.63) is 40.8 Å². The highest BCUT2D eigenvalue weighted by Crippen LogP contribution is 2.30. The minimum Gasteiger partial charge on any atom is -0.478 e. The Morgan fingerprint density at radius 1 is 1.33 bits per heavy atom. The highest BCUT2D eigenvalue weighted by atomic mass is 35.5. The number of hydrogen-bond donors (Lipinski definition) is 3. The molecule has 0 aliphatic rings. The van der Waals surface area contributed by atoms with Crippen molar-refractivity contribution in [3.63, 3.8) is 0 Å². The number of H-pyrrole nitrogens is 1. The Morgan fingerprint density at radius 2 is 2.05 bits per heavy atom. The van der Waals surface area contributed by atoms with Crippen LogP contribution in [0.25, 0.3) is 21.7 Å². The van der Waals surface area contributed by atoms with Crippen molar-refractivity contribution in [1.29, 1.82) is 0 Å². The summed E-state index contributed by atoms with van der Waals surface area (Å²) in [5.41, 5.74) is 7.03. The number of carbonyl (C=O) groups is 1. The van der Waals surface area contributed by atoms with Crippen molar-refractivity contribution in [2.75, 3.05) is 0 Å². The molecule has 8 heteroatoms. The van der Waals surface area contributed by atoms with Crippen molar-refractivity contribution in [2.24, 2.45) is 5.73 Å². The maximum absolute atomic E-state index is 11.3. The minimum absolute atomic E-state index is 0. The molecule has 3 aromatic rings. The lowest BCUT2D eigenvalue weighted by Crippen LogP contribution is -2.05. The van der Waals surface area contributed by atoms with Gasteiger partial charge in [0.15, 0.2) is 0 Å². The standard InChI is InChI=1S/C13H10ClN3O2.2ClH/c14-10-3-8-6(5-16-10)1-2-7-11(13(18)19)9(4-15)17-12(7)8;;/h1-3,5,17H,4,15H2,(H,18,19);2*1H. The molecule has 4 N–H and O–H groups in total. The highest BCUT2D eigenvalue weighted by Gasteiger charge is 2.18. The molecule has 3 rings (SSSR count). The maximum atomic E-state index is 11.3. The Bertz CT molecular complexity index is 817. The first-order valence-electron chi connectivity index (χ1n) is 5.64. The molecule has 0 bridgehead atoms. The lowest BCUT2D eigenvalue weighted by atomic mass is 10.1. The number of nitrogens with one attached hydrogen (secondary N) is 1. The lowest BCUT2D eigenvalue weighted by Gasteiger charge is -2.00. The first-order chi connectivity index (χ1) is 9.11. The van der Waals surface area contributed by atoms with E-state index in [1.54, 1.807) is 18.3 Å². The van der Waals surface area contributed by atoms with Gasteiger partial charge in [-0.3, -0.25) is 0 Å². The van der Waals surface area contributed by atoms with Gasteiger partial charge in [0.05, 0.1) is 11.1 Å². The van der Waals surface area contributed by atoms with E-state index in [1.807, 2.05) is 6.07 Å². The monoisotopic (exact) mass is 347 g/mol. The summed E-state index contributed by atoms with van der Waals surface area (Å²) in [6.07, 6.45) is 1.65. The SMILES string of the molecule is Cl.Cl.NCc1[nH]c2c(ccc3cnc(Cl)cc32)c1C(=O)O. The van der Waals surface area contributed by atoms with Crippen LogP contribution in [0.2, 0.25) is 5.15 Å². The topological polar surface area (TPSA) is 92.0 Å². The van der Waals surface area contributed by atoms with Crippen molar-refractivity contribution in [2.45, 2.75) is 6.54 Å². The van der Waals surface area contributed by atoms with Gasteiger partial charge in [-0.25, -0.2) is 9.78 Å². The first kappa shape index (κ1) is 17.5. The van der Waals surface area contributed by atoms with Crippen LogP contribution in [-0.2, 0) is 6.54 Å². The number of pyridine rings is 1. The van der Waals surface area contributed by atoms with Crippen molar-refractivity contribution in [3.8, 4) is 0 Å². The van der Waals surface area contributed by atoms with Crippen LogP contribution >= 0.6 is 36.4 Å². The number of nitrogens with zero attached hydrogens (tertiary/aromatic N) is 1. The zero-order valence-electron chi connectivity index (χ0n) is 10.6. The summed E-state index contributed by atoms with van der Waals surface area (Å²) in [6, 6.07) is 5.29. The van der Waals surface area contributed by atoms with Crippen LogP contribution in [0.15, 0.2) is 24.4 Å². The Balaban J connectivity index is 0.00000110. The molecule has 0 amide bonds. The lowest BCUT2D eigenvalue weighted by molar-refractivity contribution is 0.0698. The van der Waals surface area contributed by atoms with Crippen LogP contribution in [0.5, 0.6) is 0 Å². The van der Waals surface area contributed by atoms with Crippen LogP contribution in [0.1, 0.15) is 16.1 Å². The Morgan fingerprint density at radius 3 is 2.67 bits per heavy atom. The van der Waals surface area contributed by atoms with E-state index in [9.17, 15) is 9.90 Å². The number of carboxylic acid groups (broad SMARTS) is 1. The second-order valence-corrected chi connectivity index (χ2v) is 4.59. The average Bonchev–Trinajstić information content (AvgIpc) is 2.77. The van der Waals surface area contributed by atoms with Crippen molar-refractivity contribution in [1.82, 2.24) is 9.97 Å². The molecule has 2 aromatic heterocycles. The van der Waals surface area contributed by atoms with E-state index in [4.69, 9.17) is 17.3 Å². The number of carboxylic acids is 1. The fourth-order valence-corrected chi connectivity index (χ4v) is 2.47. The second-order valence-electron chi connectivity index (χ2n) is 4.20. The molecule has 0 radical (unpaired) electrons. The highest BCUT2D eigenvalue weighted by molar-refractivity contribution is 6.30. The third kappa shape index (κ3) is 2.78. The van der Waals surface area contributed by atoms with Crippen LogP contribution in [-0.4, -0.2) is 21.0 Å². The molecule has 0 atom stereocenters. The molecule has 112 valence electrons. The molecular weight excluding hydrogens is 337 g/mol. The molecule has 21 heavy (non-hydrogen) atoms. The Hall–Kier alpha value is -1.53.